The third kappa shape index (κ3) is 2.72. The van der Waals surface area contributed by atoms with Crippen molar-refractivity contribution in [2.24, 2.45) is 11.8 Å². The highest BCUT2D eigenvalue weighted by Crippen LogP contribution is 2.53. The lowest BCUT2D eigenvalue weighted by Crippen LogP contribution is -2.15. The fourth-order valence-corrected chi connectivity index (χ4v) is 3.55. The number of halogens is 6. The minimum atomic E-state index is -4.77. The molecule has 0 amide bonds. The summed E-state index contributed by atoms with van der Waals surface area (Å²) >= 11 is 0. The Kier molecular flexibility index (Phi) is 3.19. The maximum atomic E-state index is 12.8. The summed E-state index contributed by atoms with van der Waals surface area (Å²) in [5, 5.41) is 0. The van der Waals surface area contributed by atoms with E-state index >= 15 is 0 Å². The van der Waals surface area contributed by atoms with Gasteiger partial charge in [-0.25, -0.2) is 0 Å². The predicted molar refractivity (Wildman–Crippen MR) is 64.2 cm³/mol. The Hall–Kier alpha value is -1.33. The van der Waals surface area contributed by atoms with E-state index in [0.717, 1.165) is 37.3 Å². The summed E-state index contributed by atoms with van der Waals surface area (Å²) in [4.78, 5) is 0. The molecule has 0 saturated heterocycles. The molecule has 0 aromatic heterocycles. The molecule has 0 N–H and O–H groups in total. The zero-order chi connectivity index (χ0) is 15.4. The van der Waals surface area contributed by atoms with Gasteiger partial charge in [0.15, 0.2) is 0 Å². The Morgan fingerprint density at radius 2 is 1.43 bits per heavy atom. The summed E-state index contributed by atoms with van der Waals surface area (Å²) in [5.41, 5.74) is -2.32. The summed E-state index contributed by atoms with van der Waals surface area (Å²) in [6.07, 6.45) is -6.12. The van der Waals surface area contributed by atoms with Crippen LogP contribution in [-0.2, 0) is 12.4 Å². The highest BCUT2D eigenvalue weighted by atomic mass is 19.4. The number of benzene rings is 1. The monoisotopic (exact) mass is 307 g/mol. The van der Waals surface area contributed by atoms with Crippen LogP contribution in [0.25, 0.3) is 0 Å². The van der Waals surface area contributed by atoms with Crippen LogP contribution in [0.4, 0.5) is 26.3 Å². The van der Waals surface area contributed by atoms with Gasteiger partial charge in [0.1, 0.15) is 16.7 Å². The highest BCUT2D eigenvalue weighted by molar-refractivity contribution is 5.43. The standard InChI is InChI=1S/C15H13F6/c16-14(17,18)11-5-10(6-12(7-11)15(19,20)21)13-4-8-1-2-9(13)3-8/h5-9H,1-4H2/q+1. The Morgan fingerprint density at radius 3 is 1.81 bits per heavy atom. The first kappa shape index (κ1) is 14.6. The summed E-state index contributed by atoms with van der Waals surface area (Å²) in [7, 11) is 0. The van der Waals surface area contributed by atoms with Crippen LogP contribution in [0, 0.1) is 17.8 Å². The second-order valence-corrected chi connectivity index (χ2v) is 5.90. The van der Waals surface area contributed by atoms with Gasteiger partial charge in [-0.15, -0.1) is 0 Å². The van der Waals surface area contributed by atoms with Crippen LogP contribution in [0.2, 0.25) is 0 Å². The fourth-order valence-electron chi connectivity index (χ4n) is 3.55. The van der Waals surface area contributed by atoms with Crippen LogP contribution in [0.5, 0.6) is 0 Å². The van der Waals surface area contributed by atoms with Gasteiger partial charge in [0, 0.05) is 18.3 Å². The van der Waals surface area contributed by atoms with Gasteiger partial charge < -0.3 is 0 Å². The molecule has 2 saturated carbocycles. The van der Waals surface area contributed by atoms with E-state index in [1.54, 1.807) is 0 Å². The molecule has 0 nitrogen and oxygen atoms in total. The Labute approximate surface area is 118 Å². The molecule has 3 rings (SSSR count). The van der Waals surface area contributed by atoms with Crippen molar-refractivity contribution in [2.45, 2.75) is 38.0 Å². The zero-order valence-corrected chi connectivity index (χ0v) is 11.0. The molecule has 2 fully saturated rings. The molecule has 6 heteroatoms. The summed E-state index contributed by atoms with van der Waals surface area (Å²) in [5.74, 6) is 1.34. The number of hydrogen-bond acceptors (Lipinski definition) is 0. The zero-order valence-electron chi connectivity index (χ0n) is 11.0. The van der Waals surface area contributed by atoms with Gasteiger partial charge in [0.05, 0.1) is 12.1 Å². The van der Waals surface area contributed by atoms with Gasteiger partial charge in [-0.3, -0.25) is 0 Å². The molecular weight excluding hydrogens is 294 g/mol. The van der Waals surface area contributed by atoms with Crippen LogP contribution in [0.1, 0.15) is 42.4 Å². The second kappa shape index (κ2) is 4.58. The first-order valence-electron chi connectivity index (χ1n) is 6.80. The van der Waals surface area contributed by atoms with Gasteiger partial charge in [-0.05, 0) is 31.2 Å². The van der Waals surface area contributed by atoms with Crippen molar-refractivity contribution >= 4 is 0 Å². The predicted octanol–water partition coefficient (Wildman–Crippen LogP) is 5.47. The number of alkyl halides is 6. The smallest absolute Gasteiger partial charge is 0.165 e. The molecule has 21 heavy (non-hydrogen) atoms. The van der Waals surface area contributed by atoms with Crippen LogP contribution in [0.3, 0.4) is 0 Å². The number of fused-ring (bicyclic) bond motifs is 2. The average molecular weight is 307 g/mol. The maximum Gasteiger partial charge on any atom is 0.428 e. The largest absolute Gasteiger partial charge is 0.428 e. The van der Waals surface area contributed by atoms with E-state index in [1.165, 1.54) is 0 Å². The van der Waals surface area contributed by atoms with Gasteiger partial charge in [0.25, 0.3) is 0 Å². The molecule has 1 aromatic carbocycles. The maximum absolute atomic E-state index is 12.8. The lowest BCUT2D eigenvalue weighted by atomic mass is 9.82. The molecule has 0 heterocycles. The van der Waals surface area contributed by atoms with E-state index in [-0.39, 0.29) is 17.5 Å². The number of hydrogen-bond donors (Lipinski definition) is 0. The topological polar surface area (TPSA) is 0 Å². The summed E-state index contributed by atoms with van der Waals surface area (Å²) < 4.78 is 77.0. The van der Waals surface area contributed by atoms with Crippen molar-refractivity contribution in [3.8, 4) is 0 Å². The van der Waals surface area contributed by atoms with Gasteiger partial charge in [0.2, 0.25) is 0 Å². The molecule has 2 atom stereocenters. The third-order valence-corrected chi connectivity index (χ3v) is 4.50. The van der Waals surface area contributed by atoms with Crippen molar-refractivity contribution < 1.29 is 26.3 Å². The molecule has 1 aromatic rings. The Morgan fingerprint density at radius 1 is 0.857 bits per heavy atom. The molecule has 2 unspecified atom stereocenters. The lowest BCUT2D eigenvalue weighted by molar-refractivity contribution is -0.143. The molecule has 2 aliphatic carbocycles. The summed E-state index contributed by atoms with van der Waals surface area (Å²) in [6.45, 7) is 0. The lowest BCUT2D eigenvalue weighted by Gasteiger charge is -2.18. The molecule has 114 valence electrons. The van der Waals surface area contributed by atoms with Crippen molar-refractivity contribution in [3.63, 3.8) is 0 Å². The van der Waals surface area contributed by atoms with Gasteiger partial charge in [-0.2, -0.15) is 26.3 Å². The van der Waals surface area contributed by atoms with Crippen molar-refractivity contribution in [2.75, 3.05) is 0 Å². The Balaban J connectivity index is 2.03. The van der Waals surface area contributed by atoms with E-state index in [4.69, 9.17) is 0 Å². The quantitative estimate of drug-likeness (QED) is 0.477. The molecular formula is C15H13F6+. The summed E-state index contributed by atoms with van der Waals surface area (Å²) in [6, 6.07) is 1.92. The van der Waals surface area contributed by atoms with Crippen molar-refractivity contribution in [3.05, 3.63) is 40.8 Å². The minimum Gasteiger partial charge on any atom is -0.165 e. The SMILES string of the molecule is FC(F)(F)c1cc([C+]2CC3CCC2C3)cc(C(F)(F)F)c1. The van der Waals surface area contributed by atoms with E-state index in [9.17, 15) is 26.3 Å². The minimum absolute atomic E-state index is 0.115. The van der Waals surface area contributed by atoms with Crippen molar-refractivity contribution in [1.82, 2.24) is 0 Å². The molecule has 0 aliphatic heterocycles. The Bertz CT molecular complexity index is 510. The van der Waals surface area contributed by atoms with E-state index in [0.29, 0.717) is 12.3 Å². The van der Waals surface area contributed by atoms with Crippen LogP contribution in [0.15, 0.2) is 18.2 Å². The van der Waals surface area contributed by atoms with Crippen LogP contribution < -0.4 is 0 Å². The normalized spacial score (nSPS) is 25.7. The van der Waals surface area contributed by atoms with E-state index in [1.807, 2.05) is 0 Å². The average Bonchev–Trinajstić information content (AvgIpc) is 2.98. The number of rotatable bonds is 1. The second-order valence-electron chi connectivity index (χ2n) is 5.90. The van der Waals surface area contributed by atoms with Gasteiger partial charge in [-0.1, -0.05) is 0 Å². The van der Waals surface area contributed by atoms with Crippen molar-refractivity contribution in [1.29, 1.82) is 0 Å². The molecule has 0 spiro atoms. The van der Waals surface area contributed by atoms with Gasteiger partial charge >= 0.3 is 12.4 Å². The third-order valence-electron chi connectivity index (χ3n) is 4.50. The first-order chi connectivity index (χ1) is 9.64. The highest BCUT2D eigenvalue weighted by Gasteiger charge is 2.47. The molecule has 2 bridgehead atoms. The molecule has 2 aliphatic rings. The van der Waals surface area contributed by atoms with E-state index < -0.39 is 23.5 Å². The fraction of sp³-hybridized carbons (Fsp3) is 0.533. The van der Waals surface area contributed by atoms with Crippen LogP contribution >= 0.6 is 0 Å². The molecule has 0 radical (unpaired) electrons. The van der Waals surface area contributed by atoms with E-state index in [2.05, 4.69) is 0 Å². The van der Waals surface area contributed by atoms with Crippen LogP contribution in [-0.4, -0.2) is 0 Å². The first-order valence-corrected chi connectivity index (χ1v) is 6.80.